The lowest BCUT2D eigenvalue weighted by atomic mass is 9.79. The van der Waals surface area contributed by atoms with E-state index >= 15 is 0 Å². The molecule has 1 aromatic heterocycles. The molecule has 0 amide bonds. The van der Waals surface area contributed by atoms with Gasteiger partial charge in [0.15, 0.2) is 22.0 Å². The van der Waals surface area contributed by atoms with Crippen molar-refractivity contribution < 1.29 is 17.6 Å². The van der Waals surface area contributed by atoms with E-state index in [0.29, 0.717) is 12.2 Å². The van der Waals surface area contributed by atoms with Gasteiger partial charge in [0.05, 0.1) is 16.7 Å². The summed E-state index contributed by atoms with van der Waals surface area (Å²) in [6, 6.07) is 7.79. The molecule has 2 aromatic rings. The fourth-order valence-electron chi connectivity index (χ4n) is 3.70. The first-order valence-electron chi connectivity index (χ1n) is 9.88. The Bertz CT molecular complexity index is 885. The van der Waals surface area contributed by atoms with Crippen LogP contribution in [0.2, 0.25) is 0 Å². The summed E-state index contributed by atoms with van der Waals surface area (Å²) in [5.41, 5.74) is 1.93. The van der Waals surface area contributed by atoms with Gasteiger partial charge in [-0.1, -0.05) is 24.3 Å². The number of hydrogen-bond acceptors (Lipinski definition) is 5. The summed E-state index contributed by atoms with van der Waals surface area (Å²) in [5.74, 6) is 1.42. The minimum absolute atomic E-state index is 0.0440. The summed E-state index contributed by atoms with van der Waals surface area (Å²) in [6.07, 6.45) is 6.70. The summed E-state index contributed by atoms with van der Waals surface area (Å²) in [4.78, 5) is 16.6. The fourth-order valence-corrected chi connectivity index (χ4v) is 5.16. The second-order valence-corrected chi connectivity index (χ2v) is 11.6. The topological polar surface area (TPSA) is 77.2 Å². The first kappa shape index (κ1) is 20.8. The molecule has 5 nitrogen and oxygen atoms in total. The van der Waals surface area contributed by atoms with Crippen LogP contribution in [0.25, 0.3) is 11.3 Å². The highest BCUT2D eigenvalue weighted by Crippen LogP contribution is 2.33. The smallest absolute Gasteiger partial charge is 0.181 e. The second kappa shape index (κ2) is 8.19. The number of ketones is 1. The Morgan fingerprint density at radius 1 is 1.11 bits per heavy atom. The van der Waals surface area contributed by atoms with Gasteiger partial charge in [-0.05, 0) is 57.9 Å². The zero-order valence-corrected chi connectivity index (χ0v) is 17.7. The van der Waals surface area contributed by atoms with E-state index in [-0.39, 0.29) is 23.4 Å². The molecule has 3 rings (SSSR count). The second-order valence-electron chi connectivity index (χ2n) is 8.82. The van der Waals surface area contributed by atoms with Gasteiger partial charge >= 0.3 is 0 Å². The third kappa shape index (κ3) is 4.90. The summed E-state index contributed by atoms with van der Waals surface area (Å²) >= 11 is 0. The molecule has 0 N–H and O–H groups in total. The first-order valence-corrected chi connectivity index (χ1v) is 11.5. The third-order valence-corrected chi connectivity index (χ3v) is 8.52. The van der Waals surface area contributed by atoms with Gasteiger partial charge in [0.25, 0.3) is 0 Å². The Morgan fingerprint density at radius 2 is 1.75 bits per heavy atom. The number of carbonyl (C=O) groups excluding carboxylic acids is 1. The summed E-state index contributed by atoms with van der Waals surface area (Å²) in [7, 11) is -3.10. The molecule has 0 atom stereocenters. The van der Waals surface area contributed by atoms with Crippen LogP contribution in [0.1, 0.15) is 52.0 Å². The molecule has 0 aliphatic heterocycles. The normalized spacial score (nSPS) is 20.8. The van der Waals surface area contributed by atoms with Crippen LogP contribution in [-0.2, 0) is 21.1 Å². The number of hydrogen-bond donors (Lipinski definition) is 0. The lowest BCUT2D eigenvalue weighted by Crippen LogP contribution is -2.35. The van der Waals surface area contributed by atoms with Gasteiger partial charge in [-0.2, -0.15) is 0 Å². The minimum Gasteiger partial charge on any atom is -0.444 e. The van der Waals surface area contributed by atoms with Gasteiger partial charge in [-0.25, -0.2) is 13.4 Å². The zero-order chi connectivity index (χ0) is 20.4. The highest BCUT2D eigenvalue weighted by Gasteiger charge is 2.34. The molecule has 1 heterocycles. The van der Waals surface area contributed by atoms with Crippen molar-refractivity contribution in [1.82, 2.24) is 4.98 Å². The SMILES string of the molecule is CC(C)(C)S(=O)(=O)CC1CCC(C(=O)Cc2ccc(-c3cnco3)cc2)CC1. The van der Waals surface area contributed by atoms with Gasteiger partial charge in [-0.3, -0.25) is 4.79 Å². The largest absolute Gasteiger partial charge is 0.444 e. The molecule has 0 radical (unpaired) electrons. The molecule has 6 heteroatoms. The fraction of sp³-hybridized carbons (Fsp3) is 0.545. The van der Waals surface area contributed by atoms with E-state index in [0.717, 1.165) is 36.8 Å². The molecular weight excluding hydrogens is 374 g/mol. The summed E-state index contributed by atoms with van der Waals surface area (Å²) in [6.45, 7) is 5.27. The zero-order valence-electron chi connectivity index (χ0n) is 16.8. The van der Waals surface area contributed by atoms with Crippen molar-refractivity contribution in [3.63, 3.8) is 0 Å². The molecule has 1 aliphatic rings. The van der Waals surface area contributed by atoms with E-state index in [4.69, 9.17) is 4.42 Å². The van der Waals surface area contributed by atoms with E-state index < -0.39 is 14.6 Å². The number of sulfone groups is 1. The van der Waals surface area contributed by atoms with Crippen LogP contribution >= 0.6 is 0 Å². The van der Waals surface area contributed by atoms with Gasteiger partial charge in [-0.15, -0.1) is 0 Å². The number of nitrogens with zero attached hydrogens (tertiary/aromatic N) is 1. The van der Waals surface area contributed by atoms with Crippen LogP contribution in [0.5, 0.6) is 0 Å². The van der Waals surface area contributed by atoms with E-state index in [1.54, 1.807) is 27.0 Å². The Morgan fingerprint density at radius 3 is 2.29 bits per heavy atom. The molecule has 1 aromatic carbocycles. The lowest BCUT2D eigenvalue weighted by molar-refractivity contribution is -0.123. The predicted octanol–water partition coefficient (Wildman–Crippen LogP) is 4.47. The maximum absolute atomic E-state index is 12.7. The molecule has 1 aliphatic carbocycles. The van der Waals surface area contributed by atoms with E-state index in [1.807, 2.05) is 24.3 Å². The molecule has 0 bridgehead atoms. The number of oxazole rings is 1. The minimum atomic E-state index is -3.10. The number of Topliss-reactive ketones (excluding diaryl/α,β-unsaturated/α-hetero) is 1. The molecule has 152 valence electrons. The van der Waals surface area contributed by atoms with Crippen LogP contribution in [0.4, 0.5) is 0 Å². The number of benzene rings is 1. The lowest BCUT2D eigenvalue weighted by Gasteiger charge is -2.30. The van der Waals surface area contributed by atoms with Crippen molar-refractivity contribution in [2.45, 2.75) is 57.6 Å². The summed E-state index contributed by atoms with van der Waals surface area (Å²) in [5, 5.41) is 0. The predicted molar refractivity (Wildman–Crippen MR) is 110 cm³/mol. The van der Waals surface area contributed by atoms with Gasteiger partial charge in [0.2, 0.25) is 0 Å². The molecule has 28 heavy (non-hydrogen) atoms. The number of rotatable bonds is 6. The molecule has 0 spiro atoms. The van der Waals surface area contributed by atoms with Crippen LogP contribution in [-0.4, -0.2) is 29.7 Å². The van der Waals surface area contributed by atoms with Crippen molar-refractivity contribution in [3.8, 4) is 11.3 Å². The van der Waals surface area contributed by atoms with Gasteiger partial charge in [0.1, 0.15) is 5.78 Å². The number of aromatic nitrogens is 1. The highest BCUT2D eigenvalue weighted by atomic mass is 32.2. The van der Waals surface area contributed by atoms with Crippen molar-refractivity contribution in [3.05, 3.63) is 42.4 Å². The first-order chi connectivity index (χ1) is 13.2. The van der Waals surface area contributed by atoms with E-state index in [9.17, 15) is 13.2 Å². The Labute approximate surface area is 167 Å². The van der Waals surface area contributed by atoms with Crippen LogP contribution in [0, 0.1) is 11.8 Å². The summed E-state index contributed by atoms with van der Waals surface area (Å²) < 4.78 is 29.4. The maximum atomic E-state index is 12.7. The van der Waals surface area contributed by atoms with Gasteiger partial charge < -0.3 is 4.42 Å². The van der Waals surface area contributed by atoms with Gasteiger partial charge in [0, 0.05) is 17.9 Å². The van der Waals surface area contributed by atoms with Crippen molar-refractivity contribution in [1.29, 1.82) is 0 Å². The number of carbonyl (C=O) groups is 1. The Kier molecular flexibility index (Phi) is 6.08. The molecule has 0 saturated heterocycles. The molecule has 1 saturated carbocycles. The third-order valence-electron chi connectivity index (χ3n) is 5.74. The Hall–Kier alpha value is -1.95. The maximum Gasteiger partial charge on any atom is 0.181 e. The van der Waals surface area contributed by atoms with Crippen LogP contribution in [0.3, 0.4) is 0 Å². The Balaban J connectivity index is 1.51. The standard InChI is InChI=1S/C22H29NO4S/c1-22(2,3)28(25,26)14-17-6-8-18(9-7-17)20(24)12-16-4-10-19(11-5-16)21-13-23-15-27-21/h4-5,10-11,13,15,17-18H,6-9,12,14H2,1-3H3. The quantitative estimate of drug-likeness (QED) is 0.711. The van der Waals surface area contributed by atoms with Crippen LogP contribution in [0.15, 0.2) is 41.3 Å². The molecule has 0 unspecified atom stereocenters. The molecular formula is C22H29NO4S. The van der Waals surface area contributed by atoms with Crippen LogP contribution < -0.4 is 0 Å². The van der Waals surface area contributed by atoms with Crippen molar-refractivity contribution >= 4 is 15.6 Å². The highest BCUT2D eigenvalue weighted by molar-refractivity contribution is 7.92. The molecule has 1 fully saturated rings. The average molecular weight is 404 g/mol. The average Bonchev–Trinajstić information content (AvgIpc) is 3.16. The van der Waals surface area contributed by atoms with E-state index in [1.165, 1.54) is 6.39 Å². The van der Waals surface area contributed by atoms with E-state index in [2.05, 4.69) is 4.98 Å². The van der Waals surface area contributed by atoms with Crippen molar-refractivity contribution in [2.75, 3.05) is 5.75 Å². The monoisotopic (exact) mass is 403 g/mol. The van der Waals surface area contributed by atoms with Crippen molar-refractivity contribution in [2.24, 2.45) is 11.8 Å².